The van der Waals surface area contributed by atoms with E-state index in [0.717, 1.165) is 12.1 Å². The maximum absolute atomic E-state index is 12.9. The van der Waals surface area contributed by atoms with Gasteiger partial charge in [0.25, 0.3) is 0 Å². The van der Waals surface area contributed by atoms with Gasteiger partial charge < -0.3 is 5.32 Å². The van der Waals surface area contributed by atoms with Gasteiger partial charge >= 0.3 is 0 Å². The molecule has 0 radical (unpaired) electrons. The average Bonchev–Trinajstić information content (AvgIpc) is 2.18. The molecule has 0 atom stereocenters. The van der Waals surface area contributed by atoms with Crippen molar-refractivity contribution in [1.82, 2.24) is 0 Å². The van der Waals surface area contributed by atoms with Gasteiger partial charge in [0, 0.05) is 6.54 Å². The van der Waals surface area contributed by atoms with Crippen LogP contribution in [0.3, 0.4) is 0 Å². The number of benzene rings is 1. The lowest BCUT2D eigenvalue weighted by molar-refractivity contribution is 0.448. The Hall–Kier alpha value is -1.26. The molecule has 0 aromatic heterocycles. The fourth-order valence-corrected chi connectivity index (χ4v) is 0.952. The summed E-state index contributed by atoms with van der Waals surface area (Å²) >= 11 is 0. The molecular weight excluding hydrogens is 198 g/mol. The highest BCUT2D eigenvalue weighted by molar-refractivity contribution is 5.45. The summed E-state index contributed by atoms with van der Waals surface area (Å²) in [7, 11) is 0. The Morgan fingerprint density at radius 3 is 2.43 bits per heavy atom. The second kappa shape index (κ2) is 4.83. The summed E-state index contributed by atoms with van der Waals surface area (Å²) in [5.41, 5.74) is -0.155. The fraction of sp³-hybridized carbons (Fsp3) is 0.333. The lowest BCUT2D eigenvalue weighted by atomic mass is 10.2. The monoisotopic (exact) mass is 207 g/mol. The van der Waals surface area contributed by atoms with E-state index in [2.05, 4.69) is 5.32 Å². The summed E-state index contributed by atoms with van der Waals surface area (Å²) in [6.45, 7) is -0.364. The Morgan fingerprint density at radius 1 is 1.07 bits per heavy atom. The molecule has 0 aliphatic rings. The lowest BCUT2D eigenvalue weighted by Gasteiger charge is -2.06. The fourth-order valence-electron chi connectivity index (χ4n) is 0.952. The van der Waals surface area contributed by atoms with Gasteiger partial charge in [-0.1, -0.05) is 0 Å². The number of rotatable bonds is 4. The van der Waals surface area contributed by atoms with Crippen molar-refractivity contribution in [1.29, 1.82) is 0 Å². The van der Waals surface area contributed by atoms with Gasteiger partial charge in [-0.3, -0.25) is 4.39 Å². The van der Waals surface area contributed by atoms with Crippen molar-refractivity contribution < 1.29 is 17.6 Å². The third kappa shape index (κ3) is 2.37. The van der Waals surface area contributed by atoms with Crippen LogP contribution in [0.5, 0.6) is 0 Å². The smallest absolute Gasteiger partial charge is 0.196 e. The summed E-state index contributed by atoms with van der Waals surface area (Å²) in [5.74, 6) is -4.03. The van der Waals surface area contributed by atoms with Crippen LogP contribution in [-0.2, 0) is 0 Å². The molecule has 0 bridgehead atoms. The number of nitrogens with one attached hydrogen (secondary N) is 1. The average molecular weight is 207 g/mol. The van der Waals surface area contributed by atoms with Gasteiger partial charge in [-0.25, -0.2) is 13.2 Å². The molecule has 0 saturated heterocycles. The van der Waals surface area contributed by atoms with E-state index >= 15 is 0 Å². The molecule has 1 nitrogen and oxygen atoms in total. The van der Waals surface area contributed by atoms with Crippen LogP contribution in [0.4, 0.5) is 23.2 Å². The van der Waals surface area contributed by atoms with Crippen LogP contribution in [0.2, 0.25) is 0 Å². The molecule has 1 rings (SSSR count). The Morgan fingerprint density at radius 2 is 1.79 bits per heavy atom. The quantitative estimate of drug-likeness (QED) is 0.454. The molecule has 78 valence electrons. The summed E-state index contributed by atoms with van der Waals surface area (Å²) in [5, 5.41) is 2.46. The maximum atomic E-state index is 12.9. The number of alkyl halides is 1. The molecule has 14 heavy (non-hydrogen) atoms. The number of halogens is 4. The molecule has 1 N–H and O–H groups in total. The highest BCUT2D eigenvalue weighted by atomic mass is 19.2. The van der Waals surface area contributed by atoms with E-state index in [-0.39, 0.29) is 18.7 Å². The van der Waals surface area contributed by atoms with Crippen LogP contribution >= 0.6 is 0 Å². The molecule has 0 saturated carbocycles. The van der Waals surface area contributed by atoms with Crippen molar-refractivity contribution in [3.8, 4) is 0 Å². The van der Waals surface area contributed by atoms with Crippen LogP contribution in [0.15, 0.2) is 12.1 Å². The summed E-state index contributed by atoms with van der Waals surface area (Å²) in [6.07, 6.45) is 0.193. The Labute approximate surface area is 78.7 Å². The molecule has 0 spiro atoms. The van der Waals surface area contributed by atoms with E-state index in [4.69, 9.17) is 0 Å². The van der Waals surface area contributed by atoms with E-state index in [1.165, 1.54) is 0 Å². The molecule has 0 amide bonds. The van der Waals surface area contributed by atoms with E-state index in [1.807, 2.05) is 0 Å². The van der Waals surface area contributed by atoms with Crippen LogP contribution in [0, 0.1) is 17.5 Å². The van der Waals surface area contributed by atoms with Crippen molar-refractivity contribution in [2.45, 2.75) is 6.42 Å². The highest BCUT2D eigenvalue weighted by Gasteiger charge is 2.12. The molecular formula is C9H9F4N. The van der Waals surface area contributed by atoms with E-state index in [9.17, 15) is 17.6 Å². The van der Waals surface area contributed by atoms with Gasteiger partial charge in [-0.2, -0.15) is 0 Å². The Balaban J connectivity index is 2.73. The molecule has 0 heterocycles. The molecule has 0 fully saturated rings. The first kappa shape index (κ1) is 10.8. The minimum absolute atomic E-state index is 0.155. The summed E-state index contributed by atoms with van der Waals surface area (Å²) < 4.78 is 49.7. The van der Waals surface area contributed by atoms with Crippen molar-refractivity contribution in [3.63, 3.8) is 0 Å². The zero-order valence-electron chi connectivity index (χ0n) is 7.29. The van der Waals surface area contributed by atoms with Crippen molar-refractivity contribution in [2.75, 3.05) is 18.5 Å². The standard InChI is InChI=1S/C9H9F4N/c10-4-1-5-14-7-3-2-6(11)8(12)9(7)13/h2-3,14H,1,4-5H2. The van der Waals surface area contributed by atoms with Gasteiger partial charge in [-0.15, -0.1) is 0 Å². The van der Waals surface area contributed by atoms with Crippen LogP contribution in [0.1, 0.15) is 6.42 Å². The van der Waals surface area contributed by atoms with Gasteiger partial charge in [0.15, 0.2) is 17.5 Å². The minimum Gasteiger partial charge on any atom is -0.382 e. The normalized spacial score (nSPS) is 10.3. The Kier molecular flexibility index (Phi) is 3.73. The van der Waals surface area contributed by atoms with E-state index in [0.29, 0.717) is 0 Å². The Bertz CT molecular complexity index is 314. The second-order valence-corrected chi connectivity index (χ2v) is 2.69. The molecule has 1 aromatic rings. The minimum atomic E-state index is -1.52. The SMILES string of the molecule is FCCCNc1ccc(F)c(F)c1F. The maximum Gasteiger partial charge on any atom is 0.196 e. The van der Waals surface area contributed by atoms with Gasteiger partial charge in [0.1, 0.15) is 0 Å². The van der Waals surface area contributed by atoms with Gasteiger partial charge in [0.2, 0.25) is 0 Å². The number of anilines is 1. The van der Waals surface area contributed by atoms with Crippen LogP contribution in [-0.4, -0.2) is 13.2 Å². The predicted octanol–water partition coefficient (Wildman–Crippen LogP) is 2.88. The van der Waals surface area contributed by atoms with Gasteiger partial charge in [0.05, 0.1) is 12.4 Å². The highest BCUT2D eigenvalue weighted by Crippen LogP contribution is 2.19. The van der Waals surface area contributed by atoms with Crippen molar-refractivity contribution in [2.24, 2.45) is 0 Å². The zero-order chi connectivity index (χ0) is 10.6. The van der Waals surface area contributed by atoms with E-state index in [1.54, 1.807) is 0 Å². The lowest BCUT2D eigenvalue weighted by Crippen LogP contribution is -2.05. The number of hydrogen-bond donors (Lipinski definition) is 1. The first-order chi connectivity index (χ1) is 6.66. The predicted molar refractivity (Wildman–Crippen MR) is 45.4 cm³/mol. The molecule has 0 aliphatic carbocycles. The third-order valence-electron chi connectivity index (χ3n) is 1.66. The number of hydrogen-bond acceptors (Lipinski definition) is 1. The third-order valence-corrected chi connectivity index (χ3v) is 1.66. The first-order valence-electron chi connectivity index (χ1n) is 4.10. The van der Waals surface area contributed by atoms with Gasteiger partial charge in [-0.05, 0) is 18.6 Å². The topological polar surface area (TPSA) is 12.0 Å². The van der Waals surface area contributed by atoms with E-state index < -0.39 is 24.1 Å². The molecule has 1 aromatic carbocycles. The van der Waals surface area contributed by atoms with Crippen molar-refractivity contribution >= 4 is 5.69 Å². The largest absolute Gasteiger partial charge is 0.382 e. The van der Waals surface area contributed by atoms with Crippen molar-refractivity contribution in [3.05, 3.63) is 29.6 Å². The zero-order valence-corrected chi connectivity index (χ0v) is 7.29. The molecule has 0 aliphatic heterocycles. The summed E-state index contributed by atoms with van der Waals surface area (Å²) in [4.78, 5) is 0. The first-order valence-corrected chi connectivity index (χ1v) is 4.10. The second-order valence-electron chi connectivity index (χ2n) is 2.69. The summed E-state index contributed by atoms with van der Waals surface area (Å²) in [6, 6.07) is 1.89. The molecule has 5 heteroatoms. The van der Waals surface area contributed by atoms with Crippen LogP contribution < -0.4 is 5.32 Å². The van der Waals surface area contributed by atoms with Crippen LogP contribution in [0.25, 0.3) is 0 Å². The molecule has 0 unspecified atom stereocenters.